The summed E-state index contributed by atoms with van der Waals surface area (Å²) >= 11 is 0. The van der Waals surface area contributed by atoms with Crippen molar-refractivity contribution in [1.29, 1.82) is 0 Å². The van der Waals surface area contributed by atoms with Gasteiger partial charge in [0.15, 0.2) is 0 Å². The Morgan fingerprint density at radius 3 is 2.54 bits per heavy atom. The summed E-state index contributed by atoms with van der Waals surface area (Å²) in [5.74, 6) is 0.0967. The first-order chi connectivity index (χ1) is 12.1. The number of piperidine rings is 1. The van der Waals surface area contributed by atoms with Gasteiger partial charge in [-0.3, -0.25) is 4.79 Å². The lowest BCUT2D eigenvalue weighted by Gasteiger charge is -2.37. The number of morpholine rings is 1. The van der Waals surface area contributed by atoms with E-state index in [1.807, 2.05) is 42.2 Å². The third-order valence-electron chi connectivity index (χ3n) is 4.76. The van der Waals surface area contributed by atoms with E-state index < -0.39 is 0 Å². The summed E-state index contributed by atoms with van der Waals surface area (Å²) in [6.45, 7) is 4.59. The van der Waals surface area contributed by atoms with E-state index in [2.05, 4.69) is 16.0 Å². The number of nitrogens with one attached hydrogen (secondary N) is 3. The zero-order chi connectivity index (χ0) is 17.6. The molecule has 26 heavy (non-hydrogen) atoms. The maximum atomic E-state index is 12.6. The lowest BCUT2D eigenvalue weighted by Crippen LogP contribution is -2.58. The fourth-order valence-corrected chi connectivity index (χ4v) is 3.32. The SMILES string of the molecule is C[C@H]1OCCN[C@@H]1C(=O)N1CCC(NC(=O)Nc2ccccc2)CC1.Cl. The maximum absolute atomic E-state index is 12.6. The molecule has 0 saturated carbocycles. The molecule has 0 spiro atoms. The lowest BCUT2D eigenvalue weighted by atomic mass is 10.0. The summed E-state index contributed by atoms with van der Waals surface area (Å²) in [7, 11) is 0. The van der Waals surface area contributed by atoms with Gasteiger partial charge in [0.1, 0.15) is 6.04 Å². The van der Waals surface area contributed by atoms with Crippen LogP contribution < -0.4 is 16.0 Å². The average molecular weight is 383 g/mol. The van der Waals surface area contributed by atoms with Crippen LogP contribution in [0.25, 0.3) is 0 Å². The Hall–Kier alpha value is -1.83. The van der Waals surface area contributed by atoms with Gasteiger partial charge in [0.05, 0.1) is 12.7 Å². The van der Waals surface area contributed by atoms with Gasteiger partial charge in [0.25, 0.3) is 0 Å². The number of likely N-dealkylation sites (tertiary alicyclic amines) is 1. The predicted octanol–water partition coefficient (Wildman–Crippen LogP) is 1.60. The second-order valence-electron chi connectivity index (χ2n) is 6.57. The molecule has 0 aliphatic carbocycles. The van der Waals surface area contributed by atoms with E-state index in [1.165, 1.54) is 0 Å². The van der Waals surface area contributed by atoms with Gasteiger partial charge >= 0.3 is 6.03 Å². The van der Waals surface area contributed by atoms with E-state index >= 15 is 0 Å². The van der Waals surface area contributed by atoms with E-state index in [4.69, 9.17) is 4.74 Å². The smallest absolute Gasteiger partial charge is 0.319 e. The Balaban J connectivity index is 0.00000243. The van der Waals surface area contributed by atoms with Crippen LogP contribution in [0, 0.1) is 0 Å². The van der Waals surface area contributed by atoms with Crippen LogP contribution in [0.4, 0.5) is 10.5 Å². The standard InChI is InChI=1S/C18H26N4O3.ClH/c1-13-16(19-9-12-25-13)17(23)22-10-7-15(8-11-22)21-18(24)20-14-5-3-2-4-6-14;/h2-6,13,15-16,19H,7-12H2,1H3,(H2,20,21,24);1H/t13-,16+;/m1./s1. The molecule has 2 fully saturated rings. The number of hydrogen-bond donors (Lipinski definition) is 3. The molecule has 3 N–H and O–H groups in total. The van der Waals surface area contributed by atoms with E-state index in [0.29, 0.717) is 26.2 Å². The van der Waals surface area contributed by atoms with Crippen LogP contribution >= 0.6 is 12.4 Å². The highest BCUT2D eigenvalue weighted by Crippen LogP contribution is 2.15. The average Bonchev–Trinajstić information content (AvgIpc) is 2.63. The fourth-order valence-electron chi connectivity index (χ4n) is 3.32. The van der Waals surface area contributed by atoms with Crippen molar-refractivity contribution < 1.29 is 14.3 Å². The second kappa shape index (κ2) is 9.75. The molecular weight excluding hydrogens is 356 g/mol. The molecule has 7 nitrogen and oxygen atoms in total. The molecule has 3 amide bonds. The third kappa shape index (κ3) is 5.33. The first-order valence-electron chi connectivity index (χ1n) is 8.90. The van der Waals surface area contributed by atoms with Crippen LogP contribution in [-0.2, 0) is 9.53 Å². The summed E-state index contributed by atoms with van der Waals surface area (Å²) in [5.41, 5.74) is 0.768. The van der Waals surface area contributed by atoms with Crippen molar-refractivity contribution in [2.45, 2.75) is 38.0 Å². The molecule has 1 aromatic rings. The maximum Gasteiger partial charge on any atom is 0.319 e. The highest BCUT2D eigenvalue weighted by molar-refractivity contribution is 5.89. The summed E-state index contributed by atoms with van der Waals surface area (Å²) in [5, 5.41) is 9.05. The minimum absolute atomic E-state index is 0. The molecule has 2 heterocycles. The number of ether oxygens (including phenoxy) is 1. The van der Waals surface area contributed by atoms with Gasteiger partial charge in [0, 0.05) is 31.4 Å². The number of anilines is 1. The van der Waals surface area contributed by atoms with Gasteiger partial charge in [0.2, 0.25) is 5.91 Å². The quantitative estimate of drug-likeness (QED) is 0.741. The van der Waals surface area contributed by atoms with E-state index in [9.17, 15) is 9.59 Å². The monoisotopic (exact) mass is 382 g/mol. The lowest BCUT2D eigenvalue weighted by molar-refractivity contribution is -0.140. The number of rotatable bonds is 3. The van der Waals surface area contributed by atoms with Crippen molar-refractivity contribution in [2.75, 3.05) is 31.6 Å². The topological polar surface area (TPSA) is 82.7 Å². The number of hydrogen-bond acceptors (Lipinski definition) is 4. The first-order valence-corrected chi connectivity index (χ1v) is 8.90. The predicted molar refractivity (Wildman–Crippen MR) is 103 cm³/mol. The van der Waals surface area contributed by atoms with Crippen molar-refractivity contribution >= 4 is 30.0 Å². The van der Waals surface area contributed by atoms with Crippen molar-refractivity contribution in [2.24, 2.45) is 0 Å². The largest absolute Gasteiger partial charge is 0.375 e. The number of nitrogens with zero attached hydrogens (tertiary/aromatic N) is 1. The molecule has 144 valence electrons. The number of carbonyl (C=O) groups is 2. The van der Waals surface area contributed by atoms with Crippen molar-refractivity contribution in [1.82, 2.24) is 15.5 Å². The molecule has 2 aliphatic heterocycles. The van der Waals surface area contributed by atoms with Crippen LogP contribution in [0.5, 0.6) is 0 Å². The number of urea groups is 1. The Morgan fingerprint density at radius 2 is 1.88 bits per heavy atom. The number of carbonyl (C=O) groups excluding carboxylic acids is 2. The summed E-state index contributed by atoms with van der Waals surface area (Å²) in [6, 6.07) is 8.98. The summed E-state index contributed by atoms with van der Waals surface area (Å²) in [6.07, 6.45) is 1.42. The van der Waals surface area contributed by atoms with Gasteiger partial charge in [-0.2, -0.15) is 0 Å². The molecular formula is C18H27ClN4O3. The normalized spacial score (nSPS) is 23.7. The summed E-state index contributed by atoms with van der Waals surface area (Å²) in [4.78, 5) is 26.5. The zero-order valence-electron chi connectivity index (χ0n) is 14.9. The molecule has 2 atom stereocenters. The molecule has 2 saturated heterocycles. The van der Waals surface area contributed by atoms with Gasteiger partial charge in [-0.1, -0.05) is 18.2 Å². The minimum atomic E-state index is -0.264. The van der Waals surface area contributed by atoms with Crippen LogP contribution in [0.2, 0.25) is 0 Å². The van der Waals surface area contributed by atoms with Crippen LogP contribution in [0.3, 0.4) is 0 Å². The molecule has 3 rings (SSSR count). The molecule has 0 radical (unpaired) electrons. The number of para-hydroxylation sites is 1. The van der Waals surface area contributed by atoms with Crippen LogP contribution in [0.15, 0.2) is 30.3 Å². The second-order valence-corrected chi connectivity index (χ2v) is 6.57. The molecule has 0 bridgehead atoms. The van der Waals surface area contributed by atoms with E-state index in [-0.39, 0.29) is 42.5 Å². The van der Waals surface area contributed by atoms with Crippen molar-refractivity contribution in [3.05, 3.63) is 30.3 Å². The van der Waals surface area contributed by atoms with Gasteiger partial charge in [-0.25, -0.2) is 4.79 Å². The Labute approximate surface area is 160 Å². The fraction of sp³-hybridized carbons (Fsp3) is 0.556. The molecule has 0 aromatic heterocycles. The Bertz CT molecular complexity index is 593. The minimum Gasteiger partial charge on any atom is -0.375 e. The zero-order valence-corrected chi connectivity index (χ0v) is 15.8. The van der Waals surface area contributed by atoms with Crippen molar-refractivity contribution in [3.63, 3.8) is 0 Å². The third-order valence-corrected chi connectivity index (χ3v) is 4.76. The number of halogens is 1. The van der Waals surface area contributed by atoms with E-state index in [0.717, 1.165) is 18.5 Å². The number of benzene rings is 1. The first kappa shape index (κ1) is 20.5. The molecule has 1 aromatic carbocycles. The van der Waals surface area contributed by atoms with Gasteiger partial charge < -0.3 is 25.6 Å². The summed E-state index contributed by atoms with van der Waals surface area (Å²) < 4.78 is 5.56. The van der Waals surface area contributed by atoms with Gasteiger partial charge in [-0.15, -0.1) is 12.4 Å². The van der Waals surface area contributed by atoms with Crippen LogP contribution in [-0.4, -0.2) is 61.3 Å². The van der Waals surface area contributed by atoms with Gasteiger partial charge in [-0.05, 0) is 31.9 Å². The molecule has 8 heteroatoms. The van der Waals surface area contributed by atoms with Crippen LogP contribution in [0.1, 0.15) is 19.8 Å². The molecule has 2 aliphatic rings. The molecule has 0 unspecified atom stereocenters. The Kier molecular flexibility index (Phi) is 7.68. The van der Waals surface area contributed by atoms with E-state index in [1.54, 1.807) is 0 Å². The number of amides is 3. The van der Waals surface area contributed by atoms with Crippen molar-refractivity contribution in [3.8, 4) is 0 Å². The highest BCUT2D eigenvalue weighted by atomic mass is 35.5. The highest BCUT2D eigenvalue weighted by Gasteiger charge is 2.33. The Morgan fingerprint density at radius 1 is 1.19 bits per heavy atom.